The average Bonchev–Trinajstić information content (AvgIpc) is 2.73. The van der Waals surface area contributed by atoms with E-state index in [1.54, 1.807) is 13.8 Å². The summed E-state index contributed by atoms with van der Waals surface area (Å²) in [5, 5.41) is 11.7. The van der Waals surface area contributed by atoms with E-state index < -0.39 is 42.0 Å². The number of aliphatic carboxylic acids is 1. The molecule has 2 N–H and O–H groups in total. The summed E-state index contributed by atoms with van der Waals surface area (Å²) in [7, 11) is 0. The molecule has 0 aromatic carbocycles. The van der Waals surface area contributed by atoms with Crippen LogP contribution >= 0.6 is 0 Å². The highest BCUT2D eigenvalue weighted by Gasteiger charge is 2.41. The summed E-state index contributed by atoms with van der Waals surface area (Å²) in [6.45, 7) is 1.76. The zero-order chi connectivity index (χ0) is 17.8. The Kier molecular flexibility index (Phi) is 6.01. The summed E-state index contributed by atoms with van der Waals surface area (Å²) in [5.74, 6) is -2.33. The summed E-state index contributed by atoms with van der Waals surface area (Å²) in [5.41, 5.74) is -1.20. The largest absolute Gasteiger partial charge is 0.481 e. The van der Waals surface area contributed by atoms with Crippen LogP contribution in [0.25, 0.3) is 0 Å². The van der Waals surface area contributed by atoms with E-state index in [1.807, 2.05) is 0 Å². The van der Waals surface area contributed by atoms with Crippen molar-refractivity contribution in [3.05, 3.63) is 0 Å². The smallest absolute Gasteiger partial charge is 0.406 e. The molecule has 0 spiro atoms. The normalized spacial score (nSPS) is 19.1. The van der Waals surface area contributed by atoms with Crippen molar-refractivity contribution in [2.24, 2.45) is 5.41 Å². The first kappa shape index (κ1) is 19.2. The molecule has 132 valence electrons. The van der Waals surface area contributed by atoms with Gasteiger partial charge >= 0.3 is 12.1 Å². The Bertz CT molecular complexity index is 475. The first-order chi connectivity index (χ1) is 10.5. The molecule has 1 aliphatic rings. The number of carboxylic acids is 1. The minimum absolute atomic E-state index is 0.208. The molecule has 23 heavy (non-hydrogen) atoms. The monoisotopic (exact) mass is 338 g/mol. The Morgan fingerprint density at radius 1 is 1.30 bits per heavy atom. The van der Waals surface area contributed by atoms with Crippen molar-refractivity contribution in [3.8, 4) is 0 Å². The van der Waals surface area contributed by atoms with E-state index in [0.29, 0.717) is 4.90 Å². The summed E-state index contributed by atoms with van der Waals surface area (Å²) in [6.07, 6.45) is -4.44. The highest BCUT2D eigenvalue weighted by molar-refractivity contribution is 5.86. The van der Waals surface area contributed by atoms with Crippen molar-refractivity contribution in [2.45, 2.75) is 51.7 Å². The Morgan fingerprint density at radius 3 is 2.30 bits per heavy atom. The molecule has 1 rings (SSSR count). The standard InChI is InChI=1S/C14H21F3N2O4/c1-3-13(4-2,12(22)23)6-10(20)18-9-5-11(21)19(7-9)8-14(15,16)17/h9H,3-8H2,1-2H3,(H,18,20)(H,22,23)/t9-/m0/s1. The van der Waals surface area contributed by atoms with Gasteiger partial charge in [0.25, 0.3) is 0 Å². The van der Waals surface area contributed by atoms with Crippen LogP contribution < -0.4 is 5.32 Å². The molecular formula is C14H21F3N2O4. The number of nitrogens with one attached hydrogen (secondary N) is 1. The third-order valence-corrected chi connectivity index (χ3v) is 4.26. The van der Waals surface area contributed by atoms with Crippen molar-refractivity contribution in [3.63, 3.8) is 0 Å². The van der Waals surface area contributed by atoms with Crippen LogP contribution in [-0.2, 0) is 14.4 Å². The van der Waals surface area contributed by atoms with E-state index in [4.69, 9.17) is 0 Å². The van der Waals surface area contributed by atoms with Crippen LogP contribution in [0.1, 0.15) is 39.5 Å². The van der Waals surface area contributed by atoms with Crippen molar-refractivity contribution in [1.29, 1.82) is 0 Å². The molecule has 0 radical (unpaired) electrons. The Hall–Kier alpha value is -1.80. The van der Waals surface area contributed by atoms with Gasteiger partial charge in [-0.05, 0) is 12.8 Å². The molecule has 6 nitrogen and oxygen atoms in total. The number of likely N-dealkylation sites (tertiary alicyclic amines) is 1. The van der Waals surface area contributed by atoms with Crippen LogP contribution in [0.4, 0.5) is 13.2 Å². The van der Waals surface area contributed by atoms with Gasteiger partial charge in [-0.25, -0.2) is 0 Å². The van der Waals surface area contributed by atoms with Gasteiger partial charge in [0, 0.05) is 19.4 Å². The second-order valence-electron chi connectivity index (χ2n) is 5.83. The summed E-state index contributed by atoms with van der Waals surface area (Å²) in [4.78, 5) is 35.5. The van der Waals surface area contributed by atoms with Crippen LogP contribution in [0.5, 0.6) is 0 Å². The maximum Gasteiger partial charge on any atom is 0.406 e. The van der Waals surface area contributed by atoms with Gasteiger partial charge in [-0.1, -0.05) is 13.8 Å². The predicted molar refractivity (Wildman–Crippen MR) is 74.5 cm³/mol. The number of nitrogens with zero attached hydrogens (tertiary/aromatic N) is 1. The number of carbonyl (C=O) groups is 3. The molecule has 1 aliphatic heterocycles. The molecular weight excluding hydrogens is 317 g/mol. The van der Waals surface area contributed by atoms with Gasteiger partial charge in [0.15, 0.2) is 0 Å². The number of amides is 2. The first-order valence-electron chi connectivity index (χ1n) is 7.40. The number of hydrogen-bond donors (Lipinski definition) is 2. The van der Waals surface area contributed by atoms with Crippen LogP contribution in [0.3, 0.4) is 0 Å². The van der Waals surface area contributed by atoms with Gasteiger partial charge in [0.1, 0.15) is 6.54 Å². The van der Waals surface area contributed by atoms with E-state index in [-0.39, 0.29) is 32.2 Å². The maximum atomic E-state index is 12.3. The molecule has 1 fully saturated rings. The fourth-order valence-electron chi connectivity index (χ4n) is 2.70. The van der Waals surface area contributed by atoms with Crippen LogP contribution in [0, 0.1) is 5.41 Å². The van der Waals surface area contributed by atoms with Gasteiger partial charge < -0.3 is 15.3 Å². The minimum Gasteiger partial charge on any atom is -0.481 e. The maximum absolute atomic E-state index is 12.3. The molecule has 0 aromatic heterocycles. The van der Waals surface area contributed by atoms with Gasteiger partial charge in [-0.3, -0.25) is 14.4 Å². The lowest BCUT2D eigenvalue weighted by atomic mass is 9.79. The number of rotatable bonds is 7. The Morgan fingerprint density at radius 2 is 1.87 bits per heavy atom. The van der Waals surface area contributed by atoms with Crippen molar-refractivity contribution in [1.82, 2.24) is 10.2 Å². The lowest BCUT2D eigenvalue weighted by molar-refractivity contribution is -0.157. The van der Waals surface area contributed by atoms with E-state index in [1.165, 1.54) is 0 Å². The molecule has 9 heteroatoms. The fraction of sp³-hybridized carbons (Fsp3) is 0.786. The quantitative estimate of drug-likeness (QED) is 0.737. The lowest BCUT2D eigenvalue weighted by Crippen LogP contribution is -2.42. The lowest BCUT2D eigenvalue weighted by Gasteiger charge is -2.26. The second kappa shape index (κ2) is 7.18. The SMILES string of the molecule is CCC(CC)(CC(=O)N[C@H]1CC(=O)N(CC(F)(F)F)C1)C(=O)O. The van der Waals surface area contributed by atoms with Crippen molar-refractivity contribution < 1.29 is 32.7 Å². The highest BCUT2D eigenvalue weighted by atomic mass is 19.4. The Labute approximate surface area is 132 Å². The topological polar surface area (TPSA) is 86.7 Å². The molecule has 1 atom stereocenters. The molecule has 0 saturated carbocycles. The van der Waals surface area contributed by atoms with Crippen molar-refractivity contribution in [2.75, 3.05) is 13.1 Å². The third-order valence-electron chi connectivity index (χ3n) is 4.26. The van der Waals surface area contributed by atoms with E-state index in [0.717, 1.165) is 0 Å². The van der Waals surface area contributed by atoms with Gasteiger partial charge in [-0.15, -0.1) is 0 Å². The summed E-state index contributed by atoms with van der Waals surface area (Å²) < 4.78 is 37.0. The molecule has 2 amide bonds. The van der Waals surface area contributed by atoms with E-state index in [9.17, 15) is 32.7 Å². The molecule has 1 heterocycles. The average molecular weight is 338 g/mol. The van der Waals surface area contributed by atoms with Gasteiger partial charge in [0.05, 0.1) is 11.5 Å². The van der Waals surface area contributed by atoms with Crippen LogP contribution in [0.2, 0.25) is 0 Å². The number of carbonyl (C=O) groups excluding carboxylic acids is 2. The van der Waals surface area contributed by atoms with Crippen molar-refractivity contribution >= 4 is 17.8 Å². The number of halogens is 3. The van der Waals surface area contributed by atoms with Crippen LogP contribution in [0.15, 0.2) is 0 Å². The molecule has 0 bridgehead atoms. The van der Waals surface area contributed by atoms with E-state index >= 15 is 0 Å². The van der Waals surface area contributed by atoms with Gasteiger partial charge in [-0.2, -0.15) is 13.2 Å². The summed E-state index contributed by atoms with van der Waals surface area (Å²) >= 11 is 0. The Balaban J connectivity index is 2.62. The highest BCUT2D eigenvalue weighted by Crippen LogP contribution is 2.31. The van der Waals surface area contributed by atoms with Gasteiger partial charge in [0.2, 0.25) is 11.8 Å². The molecule has 0 aromatic rings. The minimum atomic E-state index is -4.49. The fourth-order valence-corrected chi connectivity index (χ4v) is 2.70. The zero-order valence-corrected chi connectivity index (χ0v) is 13.1. The molecule has 0 aliphatic carbocycles. The number of carboxylic acid groups (broad SMARTS) is 1. The summed E-state index contributed by atoms with van der Waals surface area (Å²) in [6, 6.07) is -0.724. The predicted octanol–water partition coefficient (Wildman–Crippen LogP) is 1.55. The number of alkyl halides is 3. The van der Waals surface area contributed by atoms with E-state index in [2.05, 4.69) is 5.32 Å². The first-order valence-corrected chi connectivity index (χ1v) is 7.40. The number of hydrogen-bond acceptors (Lipinski definition) is 3. The third kappa shape index (κ3) is 5.11. The molecule has 1 saturated heterocycles. The van der Waals surface area contributed by atoms with Crippen LogP contribution in [-0.4, -0.2) is 53.1 Å². The zero-order valence-electron chi connectivity index (χ0n) is 13.1. The second-order valence-corrected chi connectivity index (χ2v) is 5.83. The molecule has 0 unspecified atom stereocenters.